The highest BCUT2D eigenvalue weighted by atomic mass is 35.5. The maximum absolute atomic E-state index is 5.65. The van der Waals surface area contributed by atoms with E-state index in [0.29, 0.717) is 11.6 Å². The van der Waals surface area contributed by atoms with Crippen molar-refractivity contribution in [2.75, 3.05) is 19.0 Å². The molecule has 1 aromatic carbocycles. The summed E-state index contributed by atoms with van der Waals surface area (Å²) in [6.07, 6.45) is 0. The fraction of sp³-hybridized carbons (Fsp3) is 0.250. The predicted molar refractivity (Wildman–Crippen MR) is 65.8 cm³/mol. The number of aromatic nitrogens is 1. The molecule has 0 saturated heterocycles. The monoisotopic (exact) mass is 236 g/mol. The number of hydrogen-bond donors (Lipinski definition) is 0. The minimum absolute atomic E-state index is 0.350. The summed E-state index contributed by atoms with van der Waals surface area (Å²) in [4.78, 5) is 2.05. The van der Waals surface area contributed by atoms with Crippen LogP contribution in [0.25, 0.3) is 11.3 Å². The molecule has 84 valence electrons. The molecule has 4 heteroatoms. The van der Waals surface area contributed by atoms with E-state index in [1.54, 1.807) is 0 Å². The first-order valence-corrected chi connectivity index (χ1v) is 5.53. The molecule has 0 unspecified atom stereocenters. The third kappa shape index (κ3) is 2.19. The Balaban J connectivity index is 2.27. The molecule has 0 aliphatic heterocycles. The SMILES string of the molecule is CN(C)c1ccc(-c2cc(CCl)on2)cc1. The maximum Gasteiger partial charge on any atom is 0.152 e. The molecule has 16 heavy (non-hydrogen) atoms. The van der Waals surface area contributed by atoms with Crippen LogP contribution in [-0.2, 0) is 5.88 Å². The average molecular weight is 237 g/mol. The Morgan fingerprint density at radius 3 is 2.44 bits per heavy atom. The molecule has 3 nitrogen and oxygen atoms in total. The van der Waals surface area contributed by atoms with Crippen LogP contribution in [0.2, 0.25) is 0 Å². The number of nitrogens with zero attached hydrogens (tertiary/aromatic N) is 2. The van der Waals surface area contributed by atoms with Crippen molar-refractivity contribution >= 4 is 17.3 Å². The lowest BCUT2D eigenvalue weighted by atomic mass is 10.1. The lowest BCUT2D eigenvalue weighted by Gasteiger charge is -2.11. The highest BCUT2D eigenvalue weighted by Gasteiger charge is 2.05. The Morgan fingerprint density at radius 1 is 1.25 bits per heavy atom. The summed E-state index contributed by atoms with van der Waals surface area (Å²) in [6, 6.07) is 9.99. The molecule has 0 fully saturated rings. The minimum atomic E-state index is 0.350. The Hall–Kier alpha value is -1.48. The zero-order valence-electron chi connectivity index (χ0n) is 9.27. The molecule has 2 rings (SSSR count). The third-order valence-electron chi connectivity index (χ3n) is 2.37. The van der Waals surface area contributed by atoms with Gasteiger partial charge in [-0.3, -0.25) is 0 Å². The van der Waals surface area contributed by atoms with E-state index in [1.165, 1.54) is 0 Å². The van der Waals surface area contributed by atoms with Crippen LogP contribution in [0.3, 0.4) is 0 Å². The predicted octanol–water partition coefficient (Wildman–Crippen LogP) is 3.15. The van der Waals surface area contributed by atoms with Crippen molar-refractivity contribution in [3.8, 4) is 11.3 Å². The number of alkyl halides is 1. The second-order valence-electron chi connectivity index (χ2n) is 3.75. The molecule has 0 radical (unpaired) electrons. The van der Waals surface area contributed by atoms with Gasteiger partial charge in [0, 0.05) is 31.4 Å². The fourth-order valence-electron chi connectivity index (χ4n) is 1.44. The molecule has 1 heterocycles. The zero-order valence-corrected chi connectivity index (χ0v) is 10.0. The maximum atomic E-state index is 5.65. The Labute approximate surface area is 99.6 Å². The number of hydrogen-bond acceptors (Lipinski definition) is 3. The number of halogens is 1. The molecule has 0 aliphatic rings. The minimum Gasteiger partial charge on any atom is -0.378 e. The van der Waals surface area contributed by atoms with E-state index in [1.807, 2.05) is 44.4 Å². The van der Waals surface area contributed by atoms with E-state index in [0.717, 1.165) is 16.9 Å². The van der Waals surface area contributed by atoms with E-state index in [2.05, 4.69) is 10.1 Å². The lowest BCUT2D eigenvalue weighted by molar-refractivity contribution is 0.396. The van der Waals surface area contributed by atoms with Crippen LogP contribution in [0.5, 0.6) is 0 Å². The van der Waals surface area contributed by atoms with Crippen molar-refractivity contribution in [1.29, 1.82) is 0 Å². The quantitative estimate of drug-likeness (QED) is 0.767. The van der Waals surface area contributed by atoms with Gasteiger partial charge in [0.2, 0.25) is 0 Å². The molecule has 0 spiro atoms. The Kier molecular flexibility index (Phi) is 3.15. The van der Waals surface area contributed by atoms with E-state index in [-0.39, 0.29) is 0 Å². The highest BCUT2D eigenvalue weighted by molar-refractivity contribution is 6.16. The first kappa shape index (κ1) is 11.0. The molecule has 0 N–H and O–H groups in total. The second kappa shape index (κ2) is 4.58. The molecular weight excluding hydrogens is 224 g/mol. The summed E-state index contributed by atoms with van der Waals surface area (Å²) < 4.78 is 5.05. The first-order valence-electron chi connectivity index (χ1n) is 5.00. The van der Waals surface area contributed by atoms with Gasteiger partial charge in [-0.05, 0) is 12.1 Å². The largest absolute Gasteiger partial charge is 0.378 e. The molecule has 0 amide bonds. The molecule has 0 bridgehead atoms. The van der Waals surface area contributed by atoms with Gasteiger partial charge in [-0.15, -0.1) is 11.6 Å². The molecule has 0 aliphatic carbocycles. The van der Waals surface area contributed by atoms with Crippen LogP contribution in [0, 0.1) is 0 Å². The summed E-state index contributed by atoms with van der Waals surface area (Å²) in [6.45, 7) is 0. The smallest absolute Gasteiger partial charge is 0.152 e. The van der Waals surface area contributed by atoms with Crippen molar-refractivity contribution in [3.63, 3.8) is 0 Å². The van der Waals surface area contributed by atoms with Crippen molar-refractivity contribution in [1.82, 2.24) is 5.16 Å². The Bertz CT molecular complexity index is 462. The summed E-state index contributed by atoms with van der Waals surface area (Å²) in [5.74, 6) is 1.04. The lowest BCUT2D eigenvalue weighted by Crippen LogP contribution is -2.07. The van der Waals surface area contributed by atoms with Gasteiger partial charge in [0.15, 0.2) is 5.76 Å². The second-order valence-corrected chi connectivity index (χ2v) is 4.02. The van der Waals surface area contributed by atoms with Gasteiger partial charge in [0.1, 0.15) is 5.69 Å². The molecule has 1 aromatic heterocycles. The van der Waals surface area contributed by atoms with Crippen LogP contribution in [0.15, 0.2) is 34.9 Å². The van der Waals surface area contributed by atoms with E-state index in [9.17, 15) is 0 Å². The van der Waals surface area contributed by atoms with Gasteiger partial charge in [-0.2, -0.15) is 0 Å². The van der Waals surface area contributed by atoms with Gasteiger partial charge in [0.25, 0.3) is 0 Å². The van der Waals surface area contributed by atoms with Crippen molar-refractivity contribution in [2.24, 2.45) is 0 Å². The van der Waals surface area contributed by atoms with E-state index < -0.39 is 0 Å². The zero-order chi connectivity index (χ0) is 11.5. The summed E-state index contributed by atoms with van der Waals surface area (Å²) in [7, 11) is 4.02. The topological polar surface area (TPSA) is 29.3 Å². The number of rotatable bonds is 3. The van der Waals surface area contributed by atoms with E-state index >= 15 is 0 Å². The van der Waals surface area contributed by atoms with Crippen molar-refractivity contribution in [2.45, 2.75) is 5.88 Å². The van der Waals surface area contributed by atoms with Crippen LogP contribution in [0.4, 0.5) is 5.69 Å². The molecule has 2 aromatic rings. The van der Waals surface area contributed by atoms with Crippen molar-refractivity contribution < 1.29 is 4.52 Å². The number of benzene rings is 1. The average Bonchev–Trinajstić information content (AvgIpc) is 2.77. The summed E-state index contributed by atoms with van der Waals surface area (Å²) in [5, 5.41) is 3.96. The van der Waals surface area contributed by atoms with Crippen LogP contribution >= 0.6 is 11.6 Å². The Morgan fingerprint density at radius 2 is 1.94 bits per heavy atom. The summed E-state index contributed by atoms with van der Waals surface area (Å²) >= 11 is 5.65. The van der Waals surface area contributed by atoms with Gasteiger partial charge in [-0.1, -0.05) is 17.3 Å². The van der Waals surface area contributed by atoms with Crippen LogP contribution in [-0.4, -0.2) is 19.3 Å². The van der Waals surface area contributed by atoms with Gasteiger partial charge >= 0.3 is 0 Å². The van der Waals surface area contributed by atoms with Crippen LogP contribution < -0.4 is 4.90 Å². The van der Waals surface area contributed by atoms with Gasteiger partial charge < -0.3 is 9.42 Å². The normalized spacial score (nSPS) is 10.4. The van der Waals surface area contributed by atoms with E-state index in [4.69, 9.17) is 16.1 Å². The summed E-state index contributed by atoms with van der Waals surface area (Å²) in [5.41, 5.74) is 3.01. The first-order chi connectivity index (χ1) is 7.70. The molecule has 0 atom stereocenters. The van der Waals surface area contributed by atoms with Crippen LogP contribution in [0.1, 0.15) is 5.76 Å². The number of anilines is 1. The molecular formula is C12H13ClN2O. The standard InChI is InChI=1S/C12H13ClN2O/c1-15(2)10-5-3-9(4-6-10)12-7-11(8-13)16-14-12/h3-7H,8H2,1-2H3. The third-order valence-corrected chi connectivity index (χ3v) is 2.63. The highest BCUT2D eigenvalue weighted by Crippen LogP contribution is 2.22. The van der Waals surface area contributed by atoms with Gasteiger partial charge in [-0.25, -0.2) is 0 Å². The van der Waals surface area contributed by atoms with Gasteiger partial charge in [0.05, 0.1) is 5.88 Å². The molecule has 0 saturated carbocycles. The van der Waals surface area contributed by atoms with Crippen molar-refractivity contribution in [3.05, 3.63) is 36.1 Å². The fourth-order valence-corrected chi connectivity index (χ4v) is 1.57.